The van der Waals surface area contributed by atoms with E-state index in [-0.39, 0.29) is 6.67 Å². The average molecular weight is 920 g/mol. The van der Waals surface area contributed by atoms with Crippen molar-refractivity contribution < 1.29 is 13.6 Å². The molecule has 342 valence electrons. The van der Waals surface area contributed by atoms with Gasteiger partial charge in [-0.2, -0.15) is 0 Å². The Kier molecular flexibility index (Phi) is 9.12. The van der Waals surface area contributed by atoms with Gasteiger partial charge in [0.2, 0.25) is 0 Å². The highest BCUT2D eigenvalue weighted by Crippen LogP contribution is 2.48. The van der Waals surface area contributed by atoms with Crippen LogP contribution in [0, 0.1) is 0 Å². The van der Waals surface area contributed by atoms with Gasteiger partial charge in [-0.3, -0.25) is 9.97 Å². The number of nitrogens with zero attached hydrogens (tertiary/aromatic N) is 10. The lowest BCUT2D eigenvalue weighted by atomic mass is 10.2. The fourth-order valence-electron chi connectivity index (χ4n) is 10.1. The van der Waals surface area contributed by atoms with Crippen molar-refractivity contribution in [3.05, 3.63) is 207 Å². The van der Waals surface area contributed by atoms with E-state index in [1.54, 1.807) is 18.6 Å². The topological polar surface area (TPSA) is 70.2 Å². The minimum Gasteiger partial charge on any atom is -0.456 e. The van der Waals surface area contributed by atoms with Crippen LogP contribution in [0.2, 0.25) is 0 Å². The van der Waals surface area contributed by atoms with Gasteiger partial charge in [-0.1, -0.05) is 60.7 Å². The van der Waals surface area contributed by atoms with Gasteiger partial charge >= 0.3 is 0 Å². The van der Waals surface area contributed by atoms with Crippen molar-refractivity contribution in [2.45, 2.75) is 0 Å². The zero-order valence-corrected chi connectivity index (χ0v) is 38.2. The fraction of sp³-hybridized carbons (Fsp3) is 0.103. The summed E-state index contributed by atoms with van der Waals surface area (Å²) in [5.41, 5.74) is 14.1. The summed E-state index contributed by atoms with van der Waals surface area (Å²) in [5.74, 6) is 2.60. The predicted octanol–water partition coefficient (Wildman–Crippen LogP) is 13.6. The third kappa shape index (κ3) is 7.24. The Morgan fingerprint density at radius 2 is 0.671 bits per heavy atom. The maximum Gasteiger partial charge on any atom is 0.147 e. The first-order chi connectivity index (χ1) is 35.7. The highest BCUT2D eigenvalue weighted by molar-refractivity contribution is 5.90. The van der Waals surface area contributed by atoms with E-state index in [4.69, 9.17) is 13.6 Å². The number of para-hydroxylation sites is 8. The van der Waals surface area contributed by atoms with Gasteiger partial charge in [0.15, 0.2) is 0 Å². The third-order valence-electron chi connectivity index (χ3n) is 13.4. The van der Waals surface area contributed by atoms with Gasteiger partial charge in [-0.15, -0.1) is 0 Å². The average Bonchev–Trinajstić information content (AvgIpc) is 4.20. The lowest BCUT2D eigenvalue weighted by Crippen LogP contribution is -2.25. The zero-order chi connectivity index (χ0) is 49.2. The van der Waals surface area contributed by atoms with E-state index >= 15 is 0 Å². The van der Waals surface area contributed by atoms with Crippen LogP contribution in [0.25, 0.3) is 0 Å². The Morgan fingerprint density at radius 3 is 1.10 bits per heavy atom. The molecule has 0 fully saturated rings. The lowest BCUT2D eigenvalue weighted by Gasteiger charge is -2.25. The quantitative estimate of drug-likeness (QED) is 0.131. The largest absolute Gasteiger partial charge is 0.456 e. The van der Waals surface area contributed by atoms with Crippen LogP contribution in [-0.4, -0.2) is 50.7 Å². The van der Waals surface area contributed by atoms with Crippen molar-refractivity contribution in [3.8, 4) is 23.0 Å². The molecule has 0 unspecified atom stereocenters. The molecule has 12 nitrogen and oxygen atoms in total. The lowest BCUT2D eigenvalue weighted by molar-refractivity contribution is 0.480. The zero-order valence-electron chi connectivity index (χ0n) is 41.2. The Balaban J connectivity index is 0.712. The first-order valence-corrected chi connectivity index (χ1v) is 23.3. The van der Waals surface area contributed by atoms with Crippen LogP contribution < -0.4 is 48.7 Å². The van der Waals surface area contributed by atoms with Gasteiger partial charge in [0.25, 0.3) is 0 Å². The molecule has 4 aliphatic heterocycles. The van der Waals surface area contributed by atoms with Gasteiger partial charge in [-0.05, 0) is 97.1 Å². The van der Waals surface area contributed by atoms with E-state index in [9.17, 15) is 0 Å². The van der Waals surface area contributed by atoms with E-state index in [1.807, 2.05) is 77.8 Å². The van der Waals surface area contributed by atoms with Crippen molar-refractivity contribution in [1.29, 1.82) is 0 Å². The SMILES string of the molecule is [2H]C([2H])([2H])N1CN(c2cncc(Oc3cccc(N4CN(c5ccc(N6CN(c7cccc(Oc8cncc(N9CN(C)c%10ccccc%109)c8)c7)c7ccccc76)cc5)c5ccccc54)c3)c2)c2ccccc21. The van der Waals surface area contributed by atoms with E-state index in [1.165, 1.54) is 10.6 Å². The van der Waals surface area contributed by atoms with E-state index < -0.39 is 6.98 Å². The highest BCUT2D eigenvalue weighted by Gasteiger charge is 2.31. The van der Waals surface area contributed by atoms with Crippen LogP contribution in [0.3, 0.4) is 0 Å². The van der Waals surface area contributed by atoms with Crippen molar-refractivity contribution in [2.75, 3.05) is 79.9 Å². The number of hydrogen-bond acceptors (Lipinski definition) is 12. The smallest absolute Gasteiger partial charge is 0.147 e. The van der Waals surface area contributed by atoms with Crippen LogP contribution >= 0.6 is 0 Å². The molecule has 13 rings (SSSR count). The van der Waals surface area contributed by atoms with Crippen molar-refractivity contribution >= 4 is 79.6 Å². The molecule has 0 saturated heterocycles. The van der Waals surface area contributed by atoms with Gasteiger partial charge in [0.05, 0.1) is 95.0 Å². The molecule has 0 spiro atoms. The van der Waals surface area contributed by atoms with Crippen molar-refractivity contribution in [1.82, 2.24) is 9.97 Å². The minimum absolute atomic E-state index is 0.171. The summed E-state index contributed by atoms with van der Waals surface area (Å²) in [4.78, 5) is 26.2. The van der Waals surface area contributed by atoms with Crippen LogP contribution in [-0.2, 0) is 0 Å². The Bertz CT molecular complexity index is 3540. The molecule has 0 atom stereocenters. The Morgan fingerprint density at radius 1 is 0.329 bits per heavy atom. The molecule has 0 bridgehead atoms. The molecule has 0 radical (unpaired) electrons. The molecule has 6 heterocycles. The van der Waals surface area contributed by atoms with Gasteiger partial charge in [0, 0.05) is 65.2 Å². The number of benzene rings is 7. The van der Waals surface area contributed by atoms with E-state index in [0.717, 1.165) is 80.7 Å². The Labute approximate surface area is 411 Å². The summed E-state index contributed by atoms with van der Waals surface area (Å²) in [6.45, 7) is -0.169. The van der Waals surface area contributed by atoms with Gasteiger partial charge in [-0.25, -0.2) is 0 Å². The second-order valence-corrected chi connectivity index (χ2v) is 17.7. The third-order valence-corrected chi connectivity index (χ3v) is 13.4. The van der Waals surface area contributed by atoms with Crippen LogP contribution in [0.4, 0.5) is 79.6 Å². The van der Waals surface area contributed by atoms with Crippen LogP contribution in [0.1, 0.15) is 4.11 Å². The molecule has 9 aromatic rings. The molecule has 0 aliphatic carbocycles. The molecule has 2 aromatic heterocycles. The molecule has 7 aromatic carbocycles. The fourth-order valence-corrected chi connectivity index (χ4v) is 10.1. The predicted molar refractivity (Wildman–Crippen MR) is 283 cm³/mol. The van der Waals surface area contributed by atoms with Crippen molar-refractivity contribution in [3.63, 3.8) is 0 Å². The summed E-state index contributed by atoms with van der Waals surface area (Å²) in [6, 6.07) is 62.0. The molecule has 12 heteroatoms. The number of fused-ring (bicyclic) bond motifs is 4. The summed E-state index contributed by atoms with van der Waals surface area (Å²) in [5, 5.41) is 0. The molecule has 0 saturated carbocycles. The molecular formula is C58H48N10O2. The van der Waals surface area contributed by atoms with Crippen LogP contribution in [0.5, 0.6) is 23.0 Å². The van der Waals surface area contributed by atoms with Crippen LogP contribution in [0.15, 0.2) is 207 Å². The number of ether oxygens (including phenoxy) is 2. The van der Waals surface area contributed by atoms with E-state index in [0.29, 0.717) is 36.3 Å². The maximum absolute atomic E-state index is 8.13. The summed E-state index contributed by atoms with van der Waals surface area (Å²) < 4.78 is 37.4. The monoisotopic (exact) mass is 919 g/mol. The first kappa shape index (κ1) is 37.9. The van der Waals surface area contributed by atoms with Crippen molar-refractivity contribution in [2.24, 2.45) is 0 Å². The number of anilines is 14. The van der Waals surface area contributed by atoms with Gasteiger partial charge in [0.1, 0.15) is 36.3 Å². The van der Waals surface area contributed by atoms with E-state index in [2.05, 4.69) is 162 Å². The normalized spacial score (nSPS) is 15.4. The molecule has 70 heavy (non-hydrogen) atoms. The number of rotatable bonds is 10. The standard InChI is InChI=1S/C58H48N10O2/c1-61-37-63(53-19-5-3-17-51(53)61)45-31-49(35-59-33-45)69-47-15-11-13-43(29-47)67-39-65(55-21-7-9-23-57(55)67)41-25-27-42(28-26-41)66-40-68(58-24-10-8-22-56(58)66)44-14-12-16-48(30-44)70-50-32-46(34-60-36-50)64-38-62(2)52-18-4-6-20-54(52)64/h3-36H,37-40H2,1-2H3/i1D3. The molecule has 0 N–H and O–H groups in total. The first-order valence-electron chi connectivity index (χ1n) is 24.8. The number of hydrogen-bond donors (Lipinski definition) is 0. The maximum atomic E-state index is 8.13. The summed E-state index contributed by atoms with van der Waals surface area (Å²) in [6.07, 6.45) is 7.05. The Hall–Kier alpha value is -9.16. The number of aromatic nitrogens is 2. The second kappa shape index (κ2) is 16.9. The molecule has 0 amide bonds. The molecular weight excluding hydrogens is 869 g/mol. The number of pyridine rings is 2. The molecule has 4 aliphatic rings. The summed E-state index contributed by atoms with van der Waals surface area (Å²) in [7, 11) is 2.10. The summed E-state index contributed by atoms with van der Waals surface area (Å²) >= 11 is 0. The second-order valence-electron chi connectivity index (χ2n) is 17.7. The highest BCUT2D eigenvalue weighted by atomic mass is 16.5. The minimum atomic E-state index is -2.29. The van der Waals surface area contributed by atoms with Gasteiger partial charge < -0.3 is 48.7 Å².